The number of nitrogens with one attached hydrogen (secondary N) is 2. The Kier molecular flexibility index (Phi) is 6.41. The van der Waals surface area contributed by atoms with E-state index in [0.717, 1.165) is 5.69 Å². The topological polar surface area (TPSA) is 128 Å². The zero-order chi connectivity index (χ0) is 23.5. The Morgan fingerprint density at radius 2 is 2.03 bits per heavy atom. The maximum absolute atomic E-state index is 13.0. The SMILES string of the molecule is COc1ccc2nccc(NC(=O)[C@H]3C[C@H](CNCc4cc5c(cn4)OCCO5)[C@H](O)C3)c2n1. The van der Waals surface area contributed by atoms with Crippen molar-refractivity contribution >= 4 is 22.6 Å². The monoisotopic (exact) mass is 465 g/mol. The van der Waals surface area contributed by atoms with E-state index >= 15 is 0 Å². The molecule has 3 N–H and O–H groups in total. The van der Waals surface area contributed by atoms with Gasteiger partial charge in [0.05, 0.1) is 36.3 Å². The number of ether oxygens (including phenoxy) is 3. The summed E-state index contributed by atoms with van der Waals surface area (Å²) in [7, 11) is 1.54. The Bertz CT molecular complexity index is 1190. The minimum absolute atomic E-state index is 0.0274. The van der Waals surface area contributed by atoms with Gasteiger partial charge in [-0.1, -0.05) is 0 Å². The lowest BCUT2D eigenvalue weighted by Crippen LogP contribution is -2.28. The first-order valence-corrected chi connectivity index (χ1v) is 11.3. The predicted octanol–water partition coefficient (Wildman–Crippen LogP) is 1.92. The second kappa shape index (κ2) is 9.78. The third-order valence-corrected chi connectivity index (χ3v) is 6.25. The Balaban J connectivity index is 1.17. The first-order valence-electron chi connectivity index (χ1n) is 11.3. The molecule has 1 aliphatic carbocycles. The number of nitrogens with zero attached hydrogens (tertiary/aromatic N) is 3. The zero-order valence-corrected chi connectivity index (χ0v) is 18.9. The van der Waals surface area contributed by atoms with Crippen LogP contribution < -0.4 is 24.8 Å². The van der Waals surface area contributed by atoms with E-state index in [4.69, 9.17) is 14.2 Å². The van der Waals surface area contributed by atoms with Gasteiger partial charge in [-0.3, -0.25) is 14.8 Å². The fraction of sp³-hybridized carbons (Fsp3) is 0.417. The van der Waals surface area contributed by atoms with E-state index < -0.39 is 6.10 Å². The van der Waals surface area contributed by atoms with Crippen molar-refractivity contribution in [2.24, 2.45) is 11.8 Å². The normalized spacial score (nSPS) is 21.4. The number of carbonyl (C=O) groups excluding carboxylic acids is 1. The average Bonchev–Trinajstić information content (AvgIpc) is 3.24. The van der Waals surface area contributed by atoms with Crippen molar-refractivity contribution < 1.29 is 24.1 Å². The standard InChI is InChI=1S/C24H27N5O5/c1-32-22-3-2-17-23(29-22)18(4-5-26-17)28-24(31)14-8-15(19(30)9-14)11-25-12-16-10-20-21(13-27-16)34-7-6-33-20/h2-5,10,13-15,19,25,30H,6-9,11-12H2,1H3,(H,26,28,31)/t14-,15+,19+/m0/s1. The number of hydrogen-bond acceptors (Lipinski definition) is 9. The number of anilines is 1. The van der Waals surface area contributed by atoms with Gasteiger partial charge < -0.3 is 30.0 Å². The summed E-state index contributed by atoms with van der Waals surface area (Å²) >= 11 is 0. The number of aliphatic hydroxyl groups excluding tert-OH is 1. The zero-order valence-electron chi connectivity index (χ0n) is 18.9. The molecule has 3 atom stereocenters. The van der Waals surface area contributed by atoms with Gasteiger partial charge in [0.2, 0.25) is 11.8 Å². The molecule has 1 aliphatic heterocycles. The average molecular weight is 466 g/mol. The van der Waals surface area contributed by atoms with Crippen LogP contribution in [0.15, 0.2) is 36.7 Å². The van der Waals surface area contributed by atoms with Gasteiger partial charge in [0.1, 0.15) is 18.7 Å². The van der Waals surface area contributed by atoms with Gasteiger partial charge in [0, 0.05) is 37.3 Å². The van der Waals surface area contributed by atoms with E-state index in [0.29, 0.717) is 73.2 Å². The summed E-state index contributed by atoms with van der Waals surface area (Å²) in [6, 6.07) is 7.11. The molecule has 3 aromatic rings. The van der Waals surface area contributed by atoms with E-state index in [2.05, 4.69) is 25.6 Å². The van der Waals surface area contributed by atoms with Crippen LogP contribution in [0, 0.1) is 11.8 Å². The molecular formula is C24H27N5O5. The largest absolute Gasteiger partial charge is 0.486 e. The highest BCUT2D eigenvalue weighted by molar-refractivity contribution is 6.00. The molecule has 0 spiro atoms. The van der Waals surface area contributed by atoms with Gasteiger partial charge in [-0.25, -0.2) is 4.98 Å². The lowest BCUT2D eigenvalue weighted by molar-refractivity contribution is -0.119. The second-order valence-electron chi connectivity index (χ2n) is 8.52. The van der Waals surface area contributed by atoms with Crippen LogP contribution in [0.5, 0.6) is 17.4 Å². The summed E-state index contributed by atoms with van der Waals surface area (Å²) in [6.07, 6.45) is 3.76. The van der Waals surface area contributed by atoms with Crippen LogP contribution in [-0.4, -0.2) is 58.9 Å². The first-order chi connectivity index (χ1) is 16.6. The number of aliphatic hydroxyl groups is 1. The number of pyridine rings is 3. The molecule has 0 radical (unpaired) electrons. The minimum Gasteiger partial charge on any atom is -0.486 e. The molecule has 4 heterocycles. The third kappa shape index (κ3) is 4.73. The van der Waals surface area contributed by atoms with Crippen LogP contribution in [0.2, 0.25) is 0 Å². The Hall–Kier alpha value is -3.50. The predicted molar refractivity (Wildman–Crippen MR) is 124 cm³/mol. The number of carbonyl (C=O) groups is 1. The van der Waals surface area contributed by atoms with Crippen molar-refractivity contribution in [2.75, 3.05) is 32.2 Å². The van der Waals surface area contributed by atoms with Gasteiger partial charge in [0.15, 0.2) is 11.5 Å². The van der Waals surface area contributed by atoms with Crippen molar-refractivity contribution in [2.45, 2.75) is 25.5 Å². The van der Waals surface area contributed by atoms with Crippen LogP contribution in [0.3, 0.4) is 0 Å². The van der Waals surface area contributed by atoms with Crippen molar-refractivity contribution in [1.82, 2.24) is 20.3 Å². The Labute approximate surface area is 196 Å². The number of aromatic nitrogens is 3. The van der Waals surface area contributed by atoms with E-state index in [9.17, 15) is 9.90 Å². The summed E-state index contributed by atoms with van der Waals surface area (Å²) in [5, 5.41) is 16.9. The molecule has 2 aliphatic rings. The molecule has 10 heteroatoms. The van der Waals surface area contributed by atoms with E-state index in [1.165, 1.54) is 0 Å². The number of hydrogen-bond donors (Lipinski definition) is 3. The summed E-state index contributed by atoms with van der Waals surface area (Å²) in [5.74, 6) is 1.36. The molecular weight excluding hydrogens is 438 g/mol. The molecule has 3 aromatic heterocycles. The van der Waals surface area contributed by atoms with Crippen molar-refractivity contribution in [1.29, 1.82) is 0 Å². The molecule has 34 heavy (non-hydrogen) atoms. The third-order valence-electron chi connectivity index (χ3n) is 6.25. The fourth-order valence-electron chi connectivity index (χ4n) is 4.46. The first kappa shape index (κ1) is 22.3. The highest BCUT2D eigenvalue weighted by atomic mass is 16.6. The highest BCUT2D eigenvalue weighted by Gasteiger charge is 2.36. The van der Waals surface area contributed by atoms with Crippen LogP contribution in [0.4, 0.5) is 5.69 Å². The van der Waals surface area contributed by atoms with Crippen LogP contribution in [0.25, 0.3) is 11.0 Å². The summed E-state index contributed by atoms with van der Waals surface area (Å²) < 4.78 is 16.3. The highest BCUT2D eigenvalue weighted by Crippen LogP contribution is 2.33. The molecule has 1 fully saturated rings. The molecule has 1 saturated carbocycles. The van der Waals surface area contributed by atoms with E-state index in [1.807, 2.05) is 6.07 Å². The maximum atomic E-state index is 13.0. The number of amides is 1. The molecule has 0 saturated heterocycles. The molecule has 0 bridgehead atoms. The molecule has 178 valence electrons. The summed E-state index contributed by atoms with van der Waals surface area (Å²) in [4.78, 5) is 26.1. The molecule has 5 rings (SSSR count). The van der Waals surface area contributed by atoms with Gasteiger partial charge >= 0.3 is 0 Å². The fourth-order valence-corrected chi connectivity index (χ4v) is 4.46. The number of fused-ring (bicyclic) bond motifs is 2. The maximum Gasteiger partial charge on any atom is 0.227 e. The quantitative estimate of drug-likeness (QED) is 0.479. The molecule has 0 aromatic carbocycles. The van der Waals surface area contributed by atoms with Crippen LogP contribution >= 0.6 is 0 Å². The van der Waals surface area contributed by atoms with E-state index in [-0.39, 0.29) is 17.7 Å². The second-order valence-corrected chi connectivity index (χ2v) is 8.52. The Morgan fingerprint density at radius 1 is 1.18 bits per heavy atom. The Morgan fingerprint density at radius 3 is 2.88 bits per heavy atom. The van der Waals surface area contributed by atoms with Gasteiger partial charge in [-0.15, -0.1) is 0 Å². The molecule has 0 unspecified atom stereocenters. The minimum atomic E-state index is -0.552. The smallest absolute Gasteiger partial charge is 0.227 e. The number of methoxy groups -OCH3 is 1. The van der Waals surface area contributed by atoms with Crippen LogP contribution in [0.1, 0.15) is 18.5 Å². The van der Waals surface area contributed by atoms with Crippen molar-refractivity contribution in [3.05, 3.63) is 42.4 Å². The number of rotatable bonds is 7. The van der Waals surface area contributed by atoms with E-state index in [1.54, 1.807) is 37.7 Å². The van der Waals surface area contributed by atoms with Crippen LogP contribution in [-0.2, 0) is 11.3 Å². The van der Waals surface area contributed by atoms with Gasteiger partial charge in [-0.05, 0) is 30.9 Å². The lowest BCUT2D eigenvalue weighted by Gasteiger charge is -2.19. The molecule has 1 amide bonds. The van der Waals surface area contributed by atoms with Crippen molar-refractivity contribution in [3.63, 3.8) is 0 Å². The van der Waals surface area contributed by atoms with Gasteiger partial charge in [0.25, 0.3) is 0 Å². The van der Waals surface area contributed by atoms with Gasteiger partial charge in [-0.2, -0.15) is 0 Å². The lowest BCUT2D eigenvalue weighted by atomic mass is 10.0. The molecule has 10 nitrogen and oxygen atoms in total. The summed E-state index contributed by atoms with van der Waals surface area (Å²) in [5.41, 5.74) is 2.65. The summed E-state index contributed by atoms with van der Waals surface area (Å²) in [6.45, 7) is 2.18. The van der Waals surface area contributed by atoms with Crippen molar-refractivity contribution in [3.8, 4) is 17.4 Å².